The molecule has 0 radical (unpaired) electrons. The van der Waals surface area contributed by atoms with Crippen LogP contribution >= 0.6 is 23.2 Å². The molecule has 0 bridgehead atoms. The molecule has 0 amide bonds. The molecule has 1 N–H and O–H groups in total. The van der Waals surface area contributed by atoms with Crippen molar-refractivity contribution in [2.75, 3.05) is 0 Å². The Morgan fingerprint density at radius 1 is 1.13 bits per heavy atom. The molecule has 0 fully saturated rings. The van der Waals surface area contributed by atoms with Gasteiger partial charge in [-0.3, -0.25) is 4.98 Å². The Balaban J connectivity index is 2.05. The minimum Gasteiger partial charge on any atom is -0.343 e. The van der Waals surface area contributed by atoms with Crippen LogP contribution in [0.3, 0.4) is 0 Å². The summed E-state index contributed by atoms with van der Waals surface area (Å²) >= 11 is 12.1. The molecule has 3 aromatic heterocycles. The second-order valence-corrected chi connectivity index (χ2v) is 5.95. The lowest BCUT2D eigenvalue weighted by atomic mass is 10.1. The van der Waals surface area contributed by atoms with Crippen molar-refractivity contribution in [2.45, 2.75) is 19.5 Å². The number of aromatic nitrogens is 3. The van der Waals surface area contributed by atoms with Crippen LogP contribution in [0.1, 0.15) is 22.5 Å². The molecule has 120 valence electrons. The van der Waals surface area contributed by atoms with Gasteiger partial charge in [0.25, 0.3) is 0 Å². The molecule has 3 rings (SSSR count). The summed E-state index contributed by atoms with van der Waals surface area (Å²) in [5, 5.41) is 1.43. The number of fused-ring (bicyclic) bond motifs is 1. The highest BCUT2D eigenvalue weighted by molar-refractivity contribution is 6.35. The quantitative estimate of drug-likeness (QED) is 0.684. The first-order valence-corrected chi connectivity index (χ1v) is 7.35. The van der Waals surface area contributed by atoms with Gasteiger partial charge >= 0.3 is 6.18 Å². The fourth-order valence-electron chi connectivity index (χ4n) is 2.36. The maximum absolute atomic E-state index is 12.8. The van der Waals surface area contributed by atoms with Crippen molar-refractivity contribution < 1.29 is 13.2 Å². The van der Waals surface area contributed by atoms with E-state index < -0.39 is 11.9 Å². The highest BCUT2D eigenvalue weighted by Crippen LogP contribution is 2.32. The number of alkyl halides is 3. The second-order valence-electron chi connectivity index (χ2n) is 5.14. The zero-order chi connectivity index (χ0) is 16.8. The third-order valence-corrected chi connectivity index (χ3v) is 4.12. The zero-order valence-electron chi connectivity index (χ0n) is 11.8. The average molecular weight is 360 g/mol. The summed E-state index contributed by atoms with van der Waals surface area (Å²) in [6.45, 7) is 1.61. The van der Waals surface area contributed by atoms with E-state index in [1.165, 1.54) is 12.4 Å². The first-order valence-electron chi connectivity index (χ1n) is 6.60. The predicted molar refractivity (Wildman–Crippen MR) is 82.9 cm³/mol. The SMILES string of the molecule is Cc1cc(C(F)(F)F)nc2[nH]c(Cc3c(Cl)cncc3Cl)cc12. The van der Waals surface area contributed by atoms with Crippen LogP contribution in [0, 0.1) is 6.92 Å². The number of hydrogen-bond donors (Lipinski definition) is 1. The molecule has 0 aliphatic heterocycles. The zero-order valence-corrected chi connectivity index (χ0v) is 13.3. The van der Waals surface area contributed by atoms with Gasteiger partial charge in [0, 0.05) is 29.9 Å². The number of nitrogens with zero attached hydrogens (tertiary/aromatic N) is 2. The maximum atomic E-state index is 12.8. The highest BCUT2D eigenvalue weighted by atomic mass is 35.5. The Hall–Kier alpha value is -1.79. The fraction of sp³-hybridized carbons (Fsp3) is 0.200. The lowest BCUT2D eigenvalue weighted by Gasteiger charge is -2.06. The summed E-state index contributed by atoms with van der Waals surface area (Å²) in [5.74, 6) is 0. The average Bonchev–Trinajstić information content (AvgIpc) is 2.85. The highest BCUT2D eigenvalue weighted by Gasteiger charge is 2.33. The smallest absolute Gasteiger partial charge is 0.343 e. The Labute approximate surface area is 139 Å². The molecule has 8 heteroatoms. The molecule has 0 atom stereocenters. The number of pyridine rings is 2. The molecule has 3 nitrogen and oxygen atoms in total. The Morgan fingerprint density at radius 3 is 2.39 bits per heavy atom. The van der Waals surface area contributed by atoms with E-state index >= 15 is 0 Å². The largest absolute Gasteiger partial charge is 0.433 e. The minimum atomic E-state index is -4.48. The number of halogens is 5. The van der Waals surface area contributed by atoms with Gasteiger partial charge < -0.3 is 4.98 Å². The lowest BCUT2D eigenvalue weighted by molar-refractivity contribution is -0.141. The van der Waals surface area contributed by atoms with Gasteiger partial charge in [-0.05, 0) is 30.2 Å². The Bertz CT molecular complexity index is 867. The van der Waals surface area contributed by atoms with E-state index in [1.807, 2.05) is 0 Å². The predicted octanol–water partition coefficient (Wildman–Crippen LogP) is 5.18. The molecular weight excluding hydrogens is 350 g/mol. The third kappa shape index (κ3) is 3.14. The Morgan fingerprint density at radius 2 is 1.78 bits per heavy atom. The molecule has 23 heavy (non-hydrogen) atoms. The van der Waals surface area contributed by atoms with Gasteiger partial charge in [-0.2, -0.15) is 13.2 Å². The van der Waals surface area contributed by atoms with Crippen LogP contribution in [0.15, 0.2) is 24.5 Å². The summed E-state index contributed by atoms with van der Waals surface area (Å²) in [6.07, 6.45) is -1.20. The van der Waals surface area contributed by atoms with Crippen molar-refractivity contribution in [3.8, 4) is 0 Å². The van der Waals surface area contributed by atoms with Crippen molar-refractivity contribution in [1.82, 2.24) is 15.0 Å². The number of H-pyrrole nitrogens is 1. The molecule has 0 saturated heterocycles. The van der Waals surface area contributed by atoms with Crippen LogP contribution in [0.5, 0.6) is 0 Å². The normalized spacial score (nSPS) is 12.1. The van der Waals surface area contributed by atoms with E-state index in [0.717, 1.165) is 6.07 Å². The minimum absolute atomic E-state index is 0.189. The maximum Gasteiger partial charge on any atom is 0.433 e. The van der Waals surface area contributed by atoms with Gasteiger partial charge in [0.05, 0.1) is 10.0 Å². The fourth-order valence-corrected chi connectivity index (χ4v) is 2.86. The summed E-state index contributed by atoms with van der Waals surface area (Å²) < 4.78 is 38.5. The van der Waals surface area contributed by atoms with Gasteiger partial charge in [0.15, 0.2) is 0 Å². The van der Waals surface area contributed by atoms with Gasteiger partial charge in [-0.15, -0.1) is 0 Å². The molecule has 0 aliphatic carbocycles. The van der Waals surface area contributed by atoms with Crippen LogP contribution in [0.2, 0.25) is 10.0 Å². The van der Waals surface area contributed by atoms with Crippen LogP contribution < -0.4 is 0 Å². The number of hydrogen-bond acceptors (Lipinski definition) is 2. The number of aryl methyl sites for hydroxylation is 1. The summed E-state index contributed by atoms with van der Waals surface area (Å²) in [4.78, 5) is 10.4. The van der Waals surface area contributed by atoms with Crippen molar-refractivity contribution in [1.29, 1.82) is 0 Å². The van der Waals surface area contributed by atoms with E-state index in [4.69, 9.17) is 23.2 Å². The van der Waals surface area contributed by atoms with Gasteiger partial charge in [-0.25, -0.2) is 4.98 Å². The number of nitrogens with one attached hydrogen (secondary N) is 1. The molecule has 0 unspecified atom stereocenters. The molecule has 3 heterocycles. The van der Waals surface area contributed by atoms with E-state index in [2.05, 4.69) is 15.0 Å². The van der Waals surface area contributed by atoms with Gasteiger partial charge in [0.1, 0.15) is 11.3 Å². The van der Waals surface area contributed by atoms with Gasteiger partial charge in [0.2, 0.25) is 0 Å². The molecule has 0 saturated carbocycles. The third-order valence-electron chi connectivity index (χ3n) is 3.47. The number of aromatic amines is 1. The topological polar surface area (TPSA) is 41.6 Å². The van der Waals surface area contributed by atoms with Crippen LogP contribution in [0.4, 0.5) is 13.2 Å². The van der Waals surface area contributed by atoms with E-state index in [0.29, 0.717) is 38.7 Å². The van der Waals surface area contributed by atoms with E-state index in [9.17, 15) is 13.2 Å². The molecule has 0 aliphatic rings. The van der Waals surface area contributed by atoms with E-state index in [-0.39, 0.29) is 5.65 Å². The van der Waals surface area contributed by atoms with Crippen molar-refractivity contribution in [3.63, 3.8) is 0 Å². The number of rotatable bonds is 2. The monoisotopic (exact) mass is 359 g/mol. The lowest BCUT2D eigenvalue weighted by Crippen LogP contribution is -2.08. The van der Waals surface area contributed by atoms with Crippen LogP contribution in [-0.4, -0.2) is 15.0 Å². The standard InChI is InChI=1S/C15H10Cl2F3N3/c1-7-2-13(15(18,19)20)23-14-9(7)3-8(22-14)4-10-11(16)5-21-6-12(10)17/h2-3,5-6H,4H2,1H3,(H,22,23). The summed E-state index contributed by atoms with van der Waals surface area (Å²) in [7, 11) is 0. The first kappa shape index (κ1) is 16.1. The summed E-state index contributed by atoms with van der Waals surface area (Å²) in [6, 6.07) is 2.79. The van der Waals surface area contributed by atoms with Crippen molar-refractivity contribution >= 4 is 34.2 Å². The van der Waals surface area contributed by atoms with Crippen molar-refractivity contribution in [3.05, 3.63) is 57.1 Å². The Kier molecular flexibility index (Phi) is 3.98. The molecule has 3 aromatic rings. The summed E-state index contributed by atoms with van der Waals surface area (Å²) in [5.41, 5.74) is 1.09. The van der Waals surface area contributed by atoms with Crippen LogP contribution in [0.25, 0.3) is 11.0 Å². The first-order chi connectivity index (χ1) is 10.8. The van der Waals surface area contributed by atoms with E-state index in [1.54, 1.807) is 13.0 Å². The van der Waals surface area contributed by atoms with Crippen LogP contribution in [-0.2, 0) is 12.6 Å². The molecule has 0 aromatic carbocycles. The molecule has 0 spiro atoms. The second kappa shape index (κ2) is 5.69. The molecular formula is C15H10Cl2F3N3. The van der Waals surface area contributed by atoms with Crippen molar-refractivity contribution in [2.24, 2.45) is 0 Å². The van der Waals surface area contributed by atoms with Gasteiger partial charge in [-0.1, -0.05) is 23.2 Å².